The Labute approximate surface area is 208 Å². The summed E-state index contributed by atoms with van der Waals surface area (Å²) in [5.74, 6) is 1.89. The second kappa shape index (κ2) is 9.95. The Morgan fingerprint density at radius 2 is 2.11 bits per heavy atom. The number of H-pyrrole nitrogens is 1. The lowest BCUT2D eigenvalue weighted by Crippen LogP contribution is -2.38. The zero-order chi connectivity index (χ0) is 24.4. The molecule has 0 amide bonds. The molecule has 0 spiro atoms. The number of rotatable bonds is 8. The van der Waals surface area contributed by atoms with Gasteiger partial charge in [-0.2, -0.15) is 0 Å². The van der Waals surface area contributed by atoms with E-state index >= 15 is 0 Å². The number of aromatic amines is 1. The number of allylic oxidation sites excluding steroid dienone is 2. The summed E-state index contributed by atoms with van der Waals surface area (Å²) in [4.78, 5) is 15.1. The quantitative estimate of drug-likeness (QED) is 0.387. The Morgan fingerprint density at radius 1 is 1.29 bits per heavy atom. The van der Waals surface area contributed by atoms with Crippen LogP contribution in [0.15, 0.2) is 84.2 Å². The summed E-state index contributed by atoms with van der Waals surface area (Å²) in [5, 5.41) is 4.85. The highest BCUT2D eigenvalue weighted by molar-refractivity contribution is 6.04. The monoisotopic (exact) mass is 465 g/mol. The van der Waals surface area contributed by atoms with E-state index in [1.54, 1.807) is 0 Å². The topological polar surface area (TPSA) is 56.3 Å². The van der Waals surface area contributed by atoms with Gasteiger partial charge in [-0.15, -0.1) is 0 Å². The molecule has 2 N–H and O–H groups in total. The van der Waals surface area contributed by atoms with Crippen molar-refractivity contribution in [2.75, 3.05) is 6.54 Å². The minimum Gasteiger partial charge on any atom is -0.361 e. The molecule has 35 heavy (non-hydrogen) atoms. The number of hydrogen-bond donors (Lipinski definition) is 2. The molecule has 2 aliphatic rings. The van der Waals surface area contributed by atoms with Crippen molar-refractivity contribution in [3.8, 4) is 0 Å². The number of hydrogen-bond acceptors (Lipinski definition) is 3. The number of aromatic nitrogens is 2. The molecule has 5 heteroatoms. The summed E-state index contributed by atoms with van der Waals surface area (Å²) < 4.78 is 0. The van der Waals surface area contributed by atoms with Crippen molar-refractivity contribution in [1.29, 1.82) is 0 Å². The number of para-hydroxylation sites is 1. The van der Waals surface area contributed by atoms with Gasteiger partial charge in [0.25, 0.3) is 0 Å². The molecule has 0 saturated heterocycles. The Kier molecular flexibility index (Phi) is 6.58. The Morgan fingerprint density at radius 3 is 2.89 bits per heavy atom. The maximum absolute atomic E-state index is 5.01. The van der Waals surface area contributed by atoms with Crippen LogP contribution < -0.4 is 5.32 Å². The van der Waals surface area contributed by atoms with Crippen LogP contribution in [0, 0.1) is 5.92 Å². The number of nitrogens with zero attached hydrogens (tertiary/aromatic N) is 3. The molecule has 180 valence electrons. The predicted octanol–water partition coefficient (Wildman–Crippen LogP) is 6.75. The SMILES string of the molecule is C=C1C(=NCCc2c[nH]c3ccccc23)NC(c2cncc(C3CC3)c2)=CN1/C(=C\C)C(C)CC. The van der Waals surface area contributed by atoms with Gasteiger partial charge in [0, 0.05) is 53.5 Å². The highest BCUT2D eigenvalue weighted by Gasteiger charge is 2.27. The summed E-state index contributed by atoms with van der Waals surface area (Å²) in [7, 11) is 0. The summed E-state index contributed by atoms with van der Waals surface area (Å²) in [6.07, 6.45) is 14.9. The van der Waals surface area contributed by atoms with Gasteiger partial charge in [-0.3, -0.25) is 9.98 Å². The summed E-state index contributed by atoms with van der Waals surface area (Å²) in [6, 6.07) is 10.7. The smallest absolute Gasteiger partial charge is 0.149 e. The normalized spacial score (nSPS) is 18.7. The van der Waals surface area contributed by atoms with Crippen LogP contribution in [0.2, 0.25) is 0 Å². The highest BCUT2D eigenvalue weighted by atomic mass is 15.2. The number of nitrogens with one attached hydrogen (secondary N) is 2. The van der Waals surface area contributed by atoms with Crippen molar-refractivity contribution in [2.45, 2.75) is 52.4 Å². The Bertz CT molecular complexity index is 1320. The first kappa shape index (κ1) is 23.2. The first-order valence-corrected chi connectivity index (χ1v) is 12.8. The second-order valence-corrected chi connectivity index (χ2v) is 9.63. The van der Waals surface area contributed by atoms with Gasteiger partial charge in [0.2, 0.25) is 0 Å². The van der Waals surface area contributed by atoms with Crippen LogP contribution in [-0.4, -0.2) is 27.2 Å². The van der Waals surface area contributed by atoms with E-state index in [1.165, 1.54) is 40.6 Å². The van der Waals surface area contributed by atoms with Gasteiger partial charge in [-0.05, 0) is 67.7 Å². The van der Waals surface area contributed by atoms with Crippen molar-refractivity contribution in [3.05, 3.63) is 95.9 Å². The zero-order valence-electron chi connectivity index (χ0n) is 21.0. The van der Waals surface area contributed by atoms with Gasteiger partial charge < -0.3 is 15.2 Å². The predicted molar refractivity (Wildman–Crippen MR) is 146 cm³/mol. The largest absolute Gasteiger partial charge is 0.361 e. The fourth-order valence-electron chi connectivity index (χ4n) is 4.80. The lowest BCUT2D eigenvalue weighted by atomic mass is 10.0. The van der Waals surface area contributed by atoms with Crippen molar-refractivity contribution < 1.29 is 0 Å². The van der Waals surface area contributed by atoms with E-state index in [0.29, 0.717) is 18.4 Å². The average molecular weight is 466 g/mol. The molecule has 1 unspecified atom stereocenters. The molecule has 3 aromatic rings. The standard InChI is InChI=1S/C30H35N5/c1-5-20(3)29(6-2)35-19-28(25-15-24(16-31-17-25)22-11-12-22)34-30(21(35)4)32-14-13-23-18-33-27-10-8-7-9-26(23)27/h6-10,15-20,22,33H,4-5,11-14H2,1-3H3,(H,32,34)/b29-6-. The average Bonchev–Trinajstić information content (AvgIpc) is 3.67. The van der Waals surface area contributed by atoms with E-state index in [1.807, 2.05) is 12.4 Å². The number of fused-ring (bicyclic) bond motifs is 1. The first-order chi connectivity index (χ1) is 17.1. The van der Waals surface area contributed by atoms with E-state index in [0.717, 1.165) is 35.6 Å². The molecule has 0 radical (unpaired) electrons. The van der Waals surface area contributed by atoms with Crippen LogP contribution in [-0.2, 0) is 6.42 Å². The molecule has 1 aliphatic carbocycles. The van der Waals surface area contributed by atoms with Crippen molar-refractivity contribution in [1.82, 2.24) is 20.2 Å². The number of benzene rings is 1. The van der Waals surface area contributed by atoms with Gasteiger partial charge in [0.15, 0.2) is 0 Å². The van der Waals surface area contributed by atoms with Crippen LogP contribution in [0.5, 0.6) is 0 Å². The summed E-state index contributed by atoms with van der Waals surface area (Å²) in [6.45, 7) is 11.7. The van der Waals surface area contributed by atoms with Gasteiger partial charge in [0.1, 0.15) is 5.84 Å². The van der Waals surface area contributed by atoms with Gasteiger partial charge in [-0.25, -0.2) is 0 Å². The van der Waals surface area contributed by atoms with Gasteiger partial charge in [-0.1, -0.05) is 44.7 Å². The molecule has 0 bridgehead atoms. The van der Waals surface area contributed by atoms with Crippen LogP contribution in [0.1, 0.15) is 62.6 Å². The summed E-state index contributed by atoms with van der Waals surface area (Å²) >= 11 is 0. The molecule has 1 aliphatic heterocycles. The summed E-state index contributed by atoms with van der Waals surface area (Å²) in [5.41, 5.74) is 8.01. The molecule has 2 aromatic heterocycles. The van der Waals surface area contributed by atoms with Crippen molar-refractivity contribution in [2.24, 2.45) is 10.9 Å². The lowest BCUT2D eigenvalue weighted by molar-refractivity contribution is 0.474. The van der Waals surface area contributed by atoms with E-state index in [9.17, 15) is 0 Å². The lowest BCUT2D eigenvalue weighted by Gasteiger charge is -2.35. The van der Waals surface area contributed by atoms with Crippen LogP contribution in [0.25, 0.3) is 16.6 Å². The van der Waals surface area contributed by atoms with Crippen LogP contribution in [0.4, 0.5) is 0 Å². The number of aliphatic imine (C=N–C) groups is 1. The van der Waals surface area contributed by atoms with E-state index in [2.05, 4.69) is 96.3 Å². The maximum Gasteiger partial charge on any atom is 0.149 e. The zero-order valence-corrected chi connectivity index (χ0v) is 21.0. The number of amidine groups is 1. The molecular formula is C30H35N5. The maximum atomic E-state index is 5.01. The first-order valence-electron chi connectivity index (χ1n) is 12.8. The third kappa shape index (κ3) is 4.81. The molecule has 1 saturated carbocycles. The minimum atomic E-state index is 0.413. The van der Waals surface area contributed by atoms with Crippen LogP contribution >= 0.6 is 0 Å². The molecular weight excluding hydrogens is 430 g/mol. The van der Waals surface area contributed by atoms with Gasteiger partial charge >= 0.3 is 0 Å². The number of pyridine rings is 1. The van der Waals surface area contributed by atoms with E-state index in [4.69, 9.17) is 4.99 Å². The van der Waals surface area contributed by atoms with Crippen molar-refractivity contribution in [3.63, 3.8) is 0 Å². The Hall–Kier alpha value is -3.60. The second-order valence-electron chi connectivity index (χ2n) is 9.63. The molecule has 3 heterocycles. The molecule has 5 nitrogen and oxygen atoms in total. The third-order valence-corrected chi connectivity index (χ3v) is 7.21. The van der Waals surface area contributed by atoms with E-state index in [-0.39, 0.29) is 0 Å². The molecule has 1 atom stereocenters. The van der Waals surface area contributed by atoms with Gasteiger partial charge in [0.05, 0.1) is 11.4 Å². The minimum absolute atomic E-state index is 0.413. The molecule has 5 rings (SSSR count). The van der Waals surface area contributed by atoms with E-state index < -0.39 is 0 Å². The fraction of sp³-hybridized carbons (Fsp3) is 0.333. The highest BCUT2D eigenvalue weighted by Crippen LogP contribution is 2.40. The Balaban J connectivity index is 1.44. The van der Waals surface area contributed by atoms with Crippen molar-refractivity contribution >= 4 is 22.4 Å². The molecule has 1 fully saturated rings. The molecule has 1 aromatic carbocycles. The fourth-order valence-corrected chi connectivity index (χ4v) is 4.80. The third-order valence-electron chi connectivity index (χ3n) is 7.21. The van der Waals surface area contributed by atoms with Crippen LogP contribution in [0.3, 0.4) is 0 Å².